The summed E-state index contributed by atoms with van der Waals surface area (Å²) in [5.74, 6) is 0. The van der Waals surface area contributed by atoms with Crippen molar-refractivity contribution in [3.8, 4) is 11.1 Å². The minimum absolute atomic E-state index is 0.530. The van der Waals surface area contributed by atoms with Crippen molar-refractivity contribution in [2.75, 3.05) is 11.4 Å². The molecular formula is C57H45N. The quantitative estimate of drug-likeness (QED) is 0.140. The highest BCUT2D eigenvalue weighted by atomic mass is 15.1. The summed E-state index contributed by atoms with van der Waals surface area (Å²) < 4.78 is 0. The zero-order valence-electron chi connectivity index (χ0n) is 33.0. The summed E-state index contributed by atoms with van der Waals surface area (Å²) >= 11 is 0. The Morgan fingerprint density at radius 1 is 0.466 bits per heavy atom. The van der Waals surface area contributed by atoms with Gasteiger partial charge < -0.3 is 4.90 Å². The maximum Gasteiger partial charge on any atom is 0.0720 e. The molecule has 0 aromatic heterocycles. The molecule has 2 aliphatic rings. The Kier molecular flexibility index (Phi) is 8.88. The van der Waals surface area contributed by atoms with Crippen LogP contribution in [-0.4, -0.2) is 6.54 Å². The fourth-order valence-corrected chi connectivity index (χ4v) is 10.2. The summed E-state index contributed by atoms with van der Waals surface area (Å²) in [5, 5.41) is 0. The number of hydrogen-bond acceptors (Lipinski definition) is 1. The number of aryl methyl sites for hydroxylation is 1. The Morgan fingerprint density at radius 2 is 0.948 bits per heavy atom. The first-order chi connectivity index (χ1) is 28.7. The average Bonchev–Trinajstić information content (AvgIpc) is 3.59. The van der Waals surface area contributed by atoms with Crippen LogP contribution in [0.1, 0.15) is 62.6 Å². The molecule has 2 aliphatic carbocycles. The van der Waals surface area contributed by atoms with Gasteiger partial charge in [0.2, 0.25) is 0 Å². The van der Waals surface area contributed by atoms with Gasteiger partial charge in [0.1, 0.15) is 0 Å². The molecule has 8 aromatic rings. The van der Waals surface area contributed by atoms with E-state index in [1.165, 1.54) is 83.7 Å². The predicted molar refractivity (Wildman–Crippen MR) is 243 cm³/mol. The highest BCUT2D eigenvalue weighted by Gasteiger charge is 2.57. The van der Waals surface area contributed by atoms with Crippen molar-refractivity contribution in [1.82, 2.24) is 0 Å². The van der Waals surface area contributed by atoms with Crippen molar-refractivity contribution in [3.63, 3.8) is 0 Å². The van der Waals surface area contributed by atoms with Crippen LogP contribution in [0.5, 0.6) is 0 Å². The minimum Gasteiger partial charge on any atom is -0.337 e. The van der Waals surface area contributed by atoms with E-state index in [9.17, 15) is 0 Å². The summed E-state index contributed by atoms with van der Waals surface area (Å²) in [6, 6.07) is 76.7. The number of fused-ring (bicyclic) bond motifs is 9. The number of anilines is 2. The summed E-state index contributed by atoms with van der Waals surface area (Å²) in [4.78, 5) is 2.50. The third-order valence-electron chi connectivity index (χ3n) is 12.6. The third-order valence-corrected chi connectivity index (χ3v) is 12.6. The van der Waals surface area contributed by atoms with E-state index >= 15 is 0 Å². The molecule has 10 rings (SSSR count). The van der Waals surface area contributed by atoms with E-state index in [0.29, 0.717) is 6.54 Å². The van der Waals surface area contributed by atoms with Gasteiger partial charge >= 0.3 is 0 Å². The fraction of sp³-hybridized carbons (Fsp3) is 0.0877. The van der Waals surface area contributed by atoms with Crippen LogP contribution in [-0.2, 0) is 10.8 Å². The van der Waals surface area contributed by atoms with Gasteiger partial charge in [0.25, 0.3) is 0 Å². The lowest BCUT2D eigenvalue weighted by atomic mass is 9.51. The lowest BCUT2D eigenvalue weighted by Crippen LogP contribution is -2.44. The Balaban J connectivity index is 1.25. The SMILES string of the molecule is C/C=C(\C=C/CN(c1ccc(C)cc1)c1cccc2c1-c1ccccc1C21c2ccccc2C(c2ccccc2)(c2ccccc2)c2ccccc21)c1ccccc1. The second-order valence-corrected chi connectivity index (χ2v) is 15.5. The zero-order chi connectivity index (χ0) is 39.1. The second-order valence-electron chi connectivity index (χ2n) is 15.5. The van der Waals surface area contributed by atoms with E-state index in [2.05, 4.69) is 243 Å². The van der Waals surface area contributed by atoms with Gasteiger partial charge in [-0.15, -0.1) is 0 Å². The van der Waals surface area contributed by atoms with Gasteiger partial charge in [-0.25, -0.2) is 0 Å². The number of hydrogen-bond donors (Lipinski definition) is 0. The standard InChI is InChI=1S/C57H45N/c1-3-42(43-21-7-4-8-22-43)23-20-40-58(46-38-36-41(2)37-39-46)54-35-19-34-53-55(54)47-28-13-14-29-48(47)57(53)51-32-17-15-30-49(51)56(44-24-9-5-10-25-44,45-26-11-6-12-27-45)50-31-16-18-33-52(50)57/h3-39H,40H2,1-2H3/b23-20-,42-3+. The molecule has 0 radical (unpaired) electrons. The Labute approximate surface area is 342 Å². The minimum atomic E-state index is -0.553. The van der Waals surface area contributed by atoms with Crippen molar-refractivity contribution in [3.05, 3.63) is 280 Å². The highest BCUT2D eigenvalue weighted by Crippen LogP contribution is 2.65. The Bertz CT molecular complexity index is 2720. The van der Waals surface area contributed by atoms with Crippen molar-refractivity contribution in [2.45, 2.75) is 24.7 Å². The van der Waals surface area contributed by atoms with Gasteiger partial charge in [0, 0.05) is 23.5 Å². The first-order valence-electron chi connectivity index (χ1n) is 20.4. The summed E-state index contributed by atoms with van der Waals surface area (Å²) in [6.07, 6.45) is 6.79. The second kappa shape index (κ2) is 14.5. The van der Waals surface area contributed by atoms with E-state index in [1.54, 1.807) is 0 Å². The van der Waals surface area contributed by atoms with Crippen LogP contribution in [0, 0.1) is 6.92 Å². The fourth-order valence-electron chi connectivity index (χ4n) is 10.2. The largest absolute Gasteiger partial charge is 0.337 e. The molecule has 278 valence electrons. The van der Waals surface area contributed by atoms with Gasteiger partial charge in [-0.2, -0.15) is 0 Å². The van der Waals surface area contributed by atoms with Crippen LogP contribution >= 0.6 is 0 Å². The van der Waals surface area contributed by atoms with Gasteiger partial charge in [0.15, 0.2) is 0 Å². The Morgan fingerprint density at radius 3 is 1.52 bits per heavy atom. The molecule has 8 aromatic carbocycles. The molecule has 1 spiro atoms. The maximum atomic E-state index is 2.50. The molecule has 0 unspecified atom stereocenters. The zero-order valence-corrected chi connectivity index (χ0v) is 33.0. The van der Waals surface area contributed by atoms with Crippen LogP contribution in [0.2, 0.25) is 0 Å². The topological polar surface area (TPSA) is 3.24 Å². The molecule has 0 N–H and O–H groups in total. The molecule has 1 nitrogen and oxygen atoms in total. The third kappa shape index (κ3) is 5.31. The van der Waals surface area contributed by atoms with Crippen molar-refractivity contribution in [1.29, 1.82) is 0 Å². The maximum absolute atomic E-state index is 2.50. The molecule has 0 atom stereocenters. The van der Waals surface area contributed by atoms with E-state index in [0.717, 1.165) is 0 Å². The first-order valence-corrected chi connectivity index (χ1v) is 20.4. The van der Waals surface area contributed by atoms with E-state index in [-0.39, 0.29) is 0 Å². The summed E-state index contributed by atoms with van der Waals surface area (Å²) in [5.41, 5.74) is 18.0. The number of nitrogens with zero attached hydrogens (tertiary/aromatic N) is 1. The number of rotatable bonds is 8. The lowest BCUT2D eigenvalue weighted by molar-refractivity contribution is 0.623. The molecule has 0 amide bonds. The smallest absolute Gasteiger partial charge is 0.0720 e. The highest BCUT2D eigenvalue weighted by molar-refractivity contribution is 5.96. The number of allylic oxidation sites excluding steroid dienone is 3. The van der Waals surface area contributed by atoms with E-state index in [4.69, 9.17) is 0 Å². The molecule has 1 heteroatoms. The van der Waals surface area contributed by atoms with Crippen molar-refractivity contribution < 1.29 is 0 Å². The molecule has 58 heavy (non-hydrogen) atoms. The summed E-state index contributed by atoms with van der Waals surface area (Å²) in [7, 11) is 0. The summed E-state index contributed by atoms with van der Waals surface area (Å²) in [6.45, 7) is 4.99. The molecule has 0 heterocycles. The lowest BCUT2D eigenvalue weighted by Gasteiger charge is -2.50. The van der Waals surface area contributed by atoms with Crippen LogP contribution in [0.4, 0.5) is 11.4 Å². The van der Waals surface area contributed by atoms with Crippen LogP contribution in [0.3, 0.4) is 0 Å². The predicted octanol–water partition coefficient (Wildman–Crippen LogP) is 13.9. The molecular weight excluding hydrogens is 699 g/mol. The molecule has 0 fully saturated rings. The van der Waals surface area contributed by atoms with Gasteiger partial charge in [-0.05, 0) is 93.3 Å². The van der Waals surface area contributed by atoms with Crippen molar-refractivity contribution in [2.24, 2.45) is 0 Å². The Hall–Kier alpha value is -6.96. The van der Waals surface area contributed by atoms with E-state index in [1.807, 2.05) is 0 Å². The van der Waals surface area contributed by atoms with Gasteiger partial charge in [-0.3, -0.25) is 0 Å². The van der Waals surface area contributed by atoms with E-state index < -0.39 is 10.8 Å². The molecule has 0 aliphatic heterocycles. The van der Waals surface area contributed by atoms with Crippen LogP contribution in [0.15, 0.2) is 224 Å². The number of benzene rings is 8. The average molecular weight is 744 g/mol. The van der Waals surface area contributed by atoms with Crippen LogP contribution < -0.4 is 4.90 Å². The van der Waals surface area contributed by atoms with Gasteiger partial charge in [-0.1, -0.05) is 212 Å². The molecule has 0 saturated carbocycles. The van der Waals surface area contributed by atoms with Gasteiger partial charge in [0.05, 0.1) is 10.8 Å². The monoisotopic (exact) mass is 743 g/mol. The normalized spacial score (nSPS) is 14.4. The molecule has 0 saturated heterocycles. The molecule has 0 bridgehead atoms. The van der Waals surface area contributed by atoms with Crippen LogP contribution in [0.25, 0.3) is 16.7 Å². The first kappa shape index (κ1) is 35.5. The van der Waals surface area contributed by atoms with Crippen molar-refractivity contribution >= 4 is 16.9 Å².